The van der Waals surface area contributed by atoms with E-state index in [0.717, 1.165) is 53.7 Å². The van der Waals surface area contributed by atoms with E-state index in [0.29, 0.717) is 38.8 Å². The molecule has 8 heteroatoms. The SMILES string of the molecule is CCCCCCC/C=C/CCCCCCC(=O)NCCCC[C@H](NC(=O)OCC1c2ccccc2-c2ccccc21)C(=O)OCCS(C)(C)C. The molecule has 1 aliphatic carbocycles. The van der Waals surface area contributed by atoms with Gasteiger partial charge in [0.25, 0.3) is 0 Å². The van der Waals surface area contributed by atoms with Crippen LogP contribution >= 0.6 is 10.0 Å². The molecule has 0 fully saturated rings. The Bertz CT molecular complexity index is 1290. The number of allylic oxidation sites excluding steroid dienone is 2. The van der Waals surface area contributed by atoms with E-state index in [1.54, 1.807) is 0 Å². The maximum absolute atomic E-state index is 13.1. The van der Waals surface area contributed by atoms with Crippen molar-refractivity contribution in [3.63, 3.8) is 0 Å². The normalized spacial score (nSPS) is 13.4. The summed E-state index contributed by atoms with van der Waals surface area (Å²) in [6.07, 6.45) is 26.1. The second kappa shape index (κ2) is 23.3. The van der Waals surface area contributed by atoms with Crippen molar-refractivity contribution in [3.8, 4) is 11.1 Å². The highest BCUT2D eigenvalue weighted by molar-refractivity contribution is 8.32. The molecule has 0 aliphatic heterocycles. The molecule has 2 amide bonds. The molecule has 0 saturated heterocycles. The number of carbonyl (C=O) groups is 3. The van der Waals surface area contributed by atoms with Crippen LogP contribution in [-0.2, 0) is 19.1 Å². The molecule has 1 atom stereocenters. The zero-order valence-electron chi connectivity index (χ0n) is 31.3. The van der Waals surface area contributed by atoms with Gasteiger partial charge in [-0.15, -0.1) is 0 Å². The van der Waals surface area contributed by atoms with Crippen molar-refractivity contribution in [3.05, 3.63) is 71.8 Å². The molecule has 0 heterocycles. The summed E-state index contributed by atoms with van der Waals surface area (Å²) in [6.45, 7) is 3.30. The maximum atomic E-state index is 13.1. The number of carbonyl (C=O) groups excluding carboxylic acids is 3. The number of fused-ring (bicyclic) bond motifs is 3. The number of unbranched alkanes of at least 4 members (excludes halogenated alkanes) is 10. The molecular weight excluding hydrogens is 645 g/mol. The van der Waals surface area contributed by atoms with E-state index in [1.807, 2.05) is 24.3 Å². The fourth-order valence-electron chi connectivity index (χ4n) is 6.32. The molecule has 0 spiro atoms. The number of hydrogen-bond acceptors (Lipinski definition) is 5. The molecule has 0 bridgehead atoms. The molecule has 278 valence electrons. The molecule has 2 aromatic carbocycles. The summed E-state index contributed by atoms with van der Waals surface area (Å²) < 4.78 is 11.3. The van der Waals surface area contributed by atoms with E-state index in [1.165, 1.54) is 44.9 Å². The van der Waals surface area contributed by atoms with Gasteiger partial charge in [-0.1, -0.05) is 106 Å². The Kier molecular flexibility index (Phi) is 19.1. The average Bonchev–Trinajstić information content (AvgIpc) is 3.41. The lowest BCUT2D eigenvalue weighted by Crippen LogP contribution is -2.42. The van der Waals surface area contributed by atoms with Crippen LogP contribution in [-0.4, -0.2) is 68.3 Å². The Hall–Kier alpha value is -3.26. The van der Waals surface area contributed by atoms with E-state index in [-0.39, 0.29) is 18.4 Å². The third kappa shape index (κ3) is 15.7. The third-order valence-corrected chi connectivity index (χ3v) is 10.7. The smallest absolute Gasteiger partial charge is 0.407 e. The summed E-state index contributed by atoms with van der Waals surface area (Å²) in [6, 6.07) is 15.6. The molecule has 2 N–H and O–H groups in total. The molecular formula is C42H64N2O5S. The standard InChI is InChI=1S/C42H64N2O5S/c1-5-6-7-8-9-10-11-12-13-14-15-16-17-29-40(45)43-30-23-22-28-39(41(46)48-31-32-50(2,3)4)44-42(47)49-33-38-36-26-20-18-24-34(36)35-25-19-21-27-37(35)38/h11-12,18-21,24-27,38-39H,5-10,13-17,22-23,28-33H2,1-4H3,(H,43,45)(H,44,47)/b12-11+/t39-/m0/s1. The lowest BCUT2D eigenvalue weighted by Gasteiger charge is -2.25. The highest BCUT2D eigenvalue weighted by atomic mass is 32.3. The second-order valence-corrected chi connectivity index (χ2v) is 19.0. The number of alkyl carbamates (subject to hydrolysis) is 1. The number of benzene rings is 2. The topological polar surface area (TPSA) is 93.7 Å². The summed E-state index contributed by atoms with van der Waals surface area (Å²) >= 11 is 0. The average molecular weight is 709 g/mol. The minimum Gasteiger partial charge on any atom is -0.463 e. The van der Waals surface area contributed by atoms with Gasteiger partial charge in [0.2, 0.25) is 5.91 Å². The molecule has 0 radical (unpaired) electrons. The van der Waals surface area contributed by atoms with Crippen molar-refractivity contribution >= 4 is 28.0 Å². The first-order chi connectivity index (χ1) is 24.2. The van der Waals surface area contributed by atoms with Gasteiger partial charge in [0, 0.05) is 24.6 Å². The van der Waals surface area contributed by atoms with Crippen LogP contribution in [0.3, 0.4) is 0 Å². The highest BCUT2D eigenvalue weighted by Gasteiger charge is 2.30. The van der Waals surface area contributed by atoms with Crippen LogP contribution in [0.2, 0.25) is 0 Å². The molecule has 2 aromatic rings. The van der Waals surface area contributed by atoms with E-state index in [4.69, 9.17) is 9.47 Å². The van der Waals surface area contributed by atoms with Gasteiger partial charge in [-0.25, -0.2) is 19.6 Å². The van der Waals surface area contributed by atoms with Crippen LogP contribution < -0.4 is 10.6 Å². The molecule has 3 rings (SSSR count). The van der Waals surface area contributed by atoms with E-state index < -0.39 is 28.1 Å². The number of rotatable bonds is 25. The van der Waals surface area contributed by atoms with Crippen molar-refractivity contribution in [2.75, 3.05) is 44.3 Å². The second-order valence-electron chi connectivity index (χ2n) is 14.5. The lowest BCUT2D eigenvalue weighted by molar-refractivity contribution is -0.145. The van der Waals surface area contributed by atoms with Gasteiger partial charge >= 0.3 is 12.1 Å². The summed E-state index contributed by atoms with van der Waals surface area (Å²) in [5, 5.41) is 5.80. The Labute approximate surface area is 304 Å². The summed E-state index contributed by atoms with van der Waals surface area (Å²) in [5.41, 5.74) is 4.59. The third-order valence-electron chi connectivity index (χ3n) is 9.27. The molecule has 0 unspecified atom stereocenters. The fourth-order valence-corrected chi connectivity index (χ4v) is 6.90. The Morgan fingerprint density at radius 3 is 1.98 bits per heavy atom. The Balaban J connectivity index is 1.34. The van der Waals surface area contributed by atoms with E-state index in [9.17, 15) is 14.4 Å². The van der Waals surface area contributed by atoms with Crippen molar-refractivity contribution in [1.29, 1.82) is 0 Å². The first-order valence-electron chi connectivity index (χ1n) is 19.1. The summed E-state index contributed by atoms with van der Waals surface area (Å²) in [4.78, 5) is 38.5. The molecule has 0 aromatic heterocycles. The van der Waals surface area contributed by atoms with Crippen LogP contribution in [0.5, 0.6) is 0 Å². The van der Waals surface area contributed by atoms with Gasteiger partial charge < -0.3 is 20.1 Å². The van der Waals surface area contributed by atoms with Gasteiger partial charge in [0.05, 0.1) is 6.61 Å². The molecule has 7 nitrogen and oxygen atoms in total. The zero-order chi connectivity index (χ0) is 36.0. The van der Waals surface area contributed by atoms with Gasteiger partial charge in [-0.2, -0.15) is 0 Å². The number of amides is 2. The van der Waals surface area contributed by atoms with E-state index in [2.05, 4.69) is 72.7 Å². The number of hydrogen-bond donors (Lipinski definition) is 2. The fraction of sp³-hybridized carbons (Fsp3) is 0.595. The Morgan fingerprint density at radius 2 is 1.36 bits per heavy atom. The summed E-state index contributed by atoms with van der Waals surface area (Å²) in [5.74, 6) is 0.377. The largest absolute Gasteiger partial charge is 0.463 e. The monoisotopic (exact) mass is 708 g/mol. The predicted molar refractivity (Wildman–Crippen MR) is 210 cm³/mol. The molecule has 50 heavy (non-hydrogen) atoms. The highest BCUT2D eigenvalue weighted by Crippen LogP contribution is 2.44. The molecule has 0 saturated carbocycles. The lowest BCUT2D eigenvalue weighted by atomic mass is 9.98. The van der Waals surface area contributed by atoms with Crippen LogP contribution in [0, 0.1) is 0 Å². The van der Waals surface area contributed by atoms with Crippen molar-refractivity contribution < 1.29 is 23.9 Å². The molecule has 1 aliphatic rings. The summed E-state index contributed by atoms with van der Waals surface area (Å²) in [7, 11) is -0.820. The van der Waals surface area contributed by atoms with Crippen LogP contribution in [0.4, 0.5) is 4.79 Å². The van der Waals surface area contributed by atoms with Crippen molar-refractivity contribution in [1.82, 2.24) is 10.6 Å². The predicted octanol–water partition coefficient (Wildman–Crippen LogP) is 9.67. The van der Waals surface area contributed by atoms with Gasteiger partial charge in [-0.3, -0.25) is 4.79 Å². The number of esters is 1. The van der Waals surface area contributed by atoms with Gasteiger partial charge in [0.15, 0.2) is 0 Å². The van der Waals surface area contributed by atoms with Crippen LogP contribution in [0.15, 0.2) is 60.7 Å². The number of ether oxygens (including phenoxy) is 2. The Morgan fingerprint density at radius 1 is 0.760 bits per heavy atom. The van der Waals surface area contributed by atoms with Gasteiger partial charge in [-0.05, 0) is 92.4 Å². The zero-order valence-corrected chi connectivity index (χ0v) is 32.1. The van der Waals surface area contributed by atoms with Crippen LogP contribution in [0.1, 0.15) is 120 Å². The minimum atomic E-state index is -0.820. The number of nitrogens with one attached hydrogen (secondary N) is 2. The minimum absolute atomic E-state index is 0.0613. The van der Waals surface area contributed by atoms with Crippen molar-refractivity contribution in [2.24, 2.45) is 0 Å². The van der Waals surface area contributed by atoms with Crippen molar-refractivity contribution in [2.45, 2.75) is 115 Å². The first-order valence-corrected chi connectivity index (χ1v) is 22.1. The quantitative estimate of drug-likeness (QED) is 0.0609. The van der Waals surface area contributed by atoms with Crippen LogP contribution in [0.25, 0.3) is 11.1 Å². The van der Waals surface area contributed by atoms with Gasteiger partial charge in [0.1, 0.15) is 12.6 Å². The van der Waals surface area contributed by atoms with E-state index >= 15 is 0 Å². The maximum Gasteiger partial charge on any atom is 0.407 e. The first kappa shape index (κ1) is 41.2.